The molecule has 2 amide bonds. The number of hydrogen-bond donors (Lipinski definition) is 1. The average Bonchev–Trinajstić information content (AvgIpc) is 3.07. The first-order valence-electron chi connectivity index (χ1n) is 10.3. The van der Waals surface area contributed by atoms with Crippen LogP contribution in [-0.2, 0) is 23.9 Å². The number of piperazine rings is 1. The highest BCUT2D eigenvalue weighted by molar-refractivity contribution is 6.32. The van der Waals surface area contributed by atoms with E-state index in [2.05, 4.69) is 5.10 Å². The van der Waals surface area contributed by atoms with Crippen molar-refractivity contribution in [2.75, 3.05) is 33.3 Å². The molecule has 34 heavy (non-hydrogen) atoms. The van der Waals surface area contributed by atoms with E-state index in [0.29, 0.717) is 43.9 Å². The zero-order valence-electron chi connectivity index (χ0n) is 18.5. The highest BCUT2D eigenvalue weighted by Gasteiger charge is 2.38. The van der Waals surface area contributed by atoms with Gasteiger partial charge in [-0.3, -0.25) is 19.2 Å². The summed E-state index contributed by atoms with van der Waals surface area (Å²) >= 11 is 12.4. The molecule has 1 unspecified atom stereocenters. The molecule has 1 atom stereocenters. The molecule has 1 aliphatic rings. The highest BCUT2D eigenvalue weighted by atomic mass is 35.5. The maximum absolute atomic E-state index is 13.0. The Morgan fingerprint density at radius 2 is 1.88 bits per heavy atom. The van der Waals surface area contributed by atoms with Gasteiger partial charge in [0.1, 0.15) is 12.3 Å². The lowest BCUT2D eigenvalue weighted by atomic mass is 10.1. The van der Waals surface area contributed by atoms with E-state index in [0.717, 1.165) is 10.2 Å². The number of hydrogen-bond acceptors (Lipinski definition) is 5. The Balaban J connectivity index is 1.60. The fourth-order valence-corrected chi connectivity index (χ4v) is 4.34. The zero-order chi connectivity index (χ0) is 25.2. The molecular weight excluding hydrogens is 498 g/mol. The summed E-state index contributed by atoms with van der Waals surface area (Å²) in [5, 5.41) is 2.97. The van der Waals surface area contributed by atoms with E-state index in [4.69, 9.17) is 33.7 Å². The average molecular weight is 522 g/mol. The molecule has 1 aliphatic heterocycles. The maximum Gasteiger partial charge on any atom is 0.436 e. The molecule has 13 heteroatoms. The van der Waals surface area contributed by atoms with Crippen molar-refractivity contribution in [3.05, 3.63) is 45.7 Å². The van der Waals surface area contributed by atoms with Gasteiger partial charge in [0.25, 0.3) is 0 Å². The van der Waals surface area contributed by atoms with Gasteiger partial charge < -0.3 is 15.4 Å². The van der Waals surface area contributed by atoms with Crippen LogP contribution in [0.5, 0.6) is 5.75 Å². The minimum atomic E-state index is -4.70. The fourth-order valence-electron chi connectivity index (χ4n) is 3.74. The van der Waals surface area contributed by atoms with Crippen molar-refractivity contribution < 1.29 is 27.5 Å². The third kappa shape index (κ3) is 5.76. The molecule has 8 nitrogen and oxygen atoms in total. The SMILES string of the molecule is COc1ccc(C(N)=O)cc1CC(Cl)N1CCN(C(=O)Cn2nc(C(F)(F)F)c(Cl)c2C)CC1. The van der Waals surface area contributed by atoms with Crippen LogP contribution in [0.3, 0.4) is 0 Å². The van der Waals surface area contributed by atoms with E-state index in [-0.39, 0.29) is 18.1 Å². The molecular formula is C21H24Cl2F3N5O3. The van der Waals surface area contributed by atoms with E-state index in [9.17, 15) is 22.8 Å². The van der Waals surface area contributed by atoms with Gasteiger partial charge in [0.15, 0.2) is 5.69 Å². The lowest BCUT2D eigenvalue weighted by Crippen LogP contribution is -2.52. The number of amides is 2. The quantitative estimate of drug-likeness (QED) is 0.446. The number of rotatable bonds is 7. The van der Waals surface area contributed by atoms with Gasteiger partial charge >= 0.3 is 6.18 Å². The van der Waals surface area contributed by atoms with Crippen LogP contribution >= 0.6 is 23.2 Å². The van der Waals surface area contributed by atoms with Gasteiger partial charge in [0.05, 0.1) is 23.3 Å². The summed E-state index contributed by atoms with van der Waals surface area (Å²) in [5.41, 5.74) is 4.87. The summed E-state index contributed by atoms with van der Waals surface area (Å²) in [6.07, 6.45) is -4.32. The molecule has 1 saturated heterocycles. The molecule has 3 rings (SSSR count). The molecule has 1 fully saturated rings. The Morgan fingerprint density at radius 3 is 2.41 bits per heavy atom. The number of aromatic nitrogens is 2. The van der Waals surface area contributed by atoms with E-state index in [1.807, 2.05) is 4.90 Å². The Labute approximate surface area is 204 Å². The molecule has 2 heterocycles. The number of carbonyl (C=O) groups excluding carboxylic acids is 2. The van der Waals surface area contributed by atoms with Crippen molar-refractivity contribution >= 4 is 35.0 Å². The molecule has 0 saturated carbocycles. The number of ether oxygens (including phenoxy) is 1. The van der Waals surface area contributed by atoms with Crippen LogP contribution < -0.4 is 10.5 Å². The standard InChI is InChI=1S/C21H24Cl2F3N5O3/c1-12-18(23)19(21(24,25)26)28-31(12)11-17(32)30-7-5-29(6-8-30)16(22)10-14-9-13(20(27)33)3-4-15(14)34-2/h3-4,9,16H,5-8,10-11H2,1-2H3,(H2,27,33). The summed E-state index contributed by atoms with van der Waals surface area (Å²) in [5.74, 6) is -0.341. The first kappa shape index (κ1) is 26.1. The summed E-state index contributed by atoms with van der Waals surface area (Å²) in [6.45, 7) is 2.66. The first-order chi connectivity index (χ1) is 15.9. The van der Waals surface area contributed by atoms with Crippen LogP contribution in [0, 0.1) is 6.92 Å². The number of benzene rings is 1. The Hall–Kier alpha value is -2.50. The maximum atomic E-state index is 13.0. The highest BCUT2D eigenvalue weighted by Crippen LogP contribution is 2.35. The summed E-state index contributed by atoms with van der Waals surface area (Å²) in [6, 6.07) is 4.87. The Morgan fingerprint density at radius 1 is 1.24 bits per heavy atom. The van der Waals surface area contributed by atoms with Crippen molar-refractivity contribution in [1.82, 2.24) is 19.6 Å². The van der Waals surface area contributed by atoms with E-state index in [1.165, 1.54) is 14.0 Å². The minimum Gasteiger partial charge on any atom is -0.496 e. The summed E-state index contributed by atoms with van der Waals surface area (Å²) in [7, 11) is 1.52. The van der Waals surface area contributed by atoms with Gasteiger partial charge in [-0.05, 0) is 30.7 Å². The molecule has 1 aromatic heterocycles. The topological polar surface area (TPSA) is 93.7 Å². The summed E-state index contributed by atoms with van der Waals surface area (Å²) < 4.78 is 45.4. The van der Waals surface area contributed by atoms with Crippen molar-refractivity contribution in [3.8, 4) is 5.75 Å². The van der Waals surface area contributed by atoms with Gasteiger partial charge in [-0.2, -0.15) is 18.3 Å². The lowest BCUT2D eigenvalue weighted by Gasteiger charge is -2.37. The van der Waals surface area contributed by atoms with Crippen molar-refractivity contribution in [3.63, 3.8) is 0 Å². The molecule has 0 radical (unpaired) electrons. The van der Waals surface area contributed by atoms with Crippen LogP contribution in [0.2, 0.25) is 5.02 Å². The van der Waals surface area contributed by atoms with E-state index < -0.39 is 28.3 Å². The van der Waals surface area contributed by atoms with Gasteiger partial charge in [-0.1, -0.05) is 11.6 Å². The third-order valence-electron chi connectivity index (χ3n) is 5.70. The van der Waals surface area contributed by atoms with Crippen molar-refractivity contribution in [1.29, 1.82) is 0 Å². The molecule has 186 valence electrons. The number of methoxy groups -OCH3 is 1. The molecule has 1 aromatic carbocycles. The van der Waals surface area contributed by atoms with Crippen LogP contribution in [0.4, 0.5) is 13.2 Å². The van der Waals surface area contributed by atoms with Crippen molar-refractivity contribution in [2.45, 2.75) is 31.6 Å². The molecule has 2 N–H and O–H groups in total. The van der Waals surface area contributed by atoms with Crippen molar-refractivity contribution in [2.24, 2.45) is 5.73 Å². The van der Waals surface area contributed by atoms with Crippen LogP contribution in [0.15, 0.2) is 18.2 Å². The van der Waals surface area contributed by atoms with E-state index >= 15 is 0 Å². The third-order valence-corrected chi connectivity index (χ3v) is 6.59. The number of carbonyl (C=O) groups is 2. The van der Waals surface area contributed by atoms with Crippen LogP contribution in [0.25, 0.3) is 0 Å². The molecule has 2 aromatic rings. The predicted octanol–water partition coefficient (Wildman–Crippen LogP) is 2.92. The number of nitrogens with zero attached hydrogens (tertiary/aromatic N) is 4. The number of nitrogens with two attached hydrogens (primary N) is 1. The second kappa shape index (κ2) is 10.4. The smallest absolute Gasteiger partial charge is 0.436 e. The minimum absolute atomic E-state index is 0.0777. The second-order valence-electron chi connectivity index (χ2n) is 7.85. The Bertz CT molecular complexity index is 1070. The Kier molecular flexibility index (Phi) is 7.99. The van der Waals surface area contributed by atoms with Gasteiger partial charge in [-0.25, -0.2) is 0 Å². The number of alkyl halides is 4. The predicted molar refractivity (Wildman–Crippen MR) is 120 cm³/mol. The molecule has 0 aliphatic carbocycles. The van der Waals surface area contributed by atoms with E-state index in [1.54, 1.807) is 23.1 Å². The fraction of sp³-hybridized carbons (Fsp3) is 0.476. The monoisotopic (exact) mass is 521 g/mol. The normalized spacial score (nSPS) is 15.9. The largest absolute Gasteiger partial charge is 0.496 e. The van der Waals surface area contributed by atoms with Gasteiger partial charge in [0, 0.05) is 38.2 Å². The zero-order valence-corrected chi connectivity index (χ0v) is 20.0. The summed E-state index contributed by atoms with van der Waals surface area (Å²) in [4.78, 5) is 27.7. The number of primary amides is 1. The lowest BCUT2D eigenvalue weighted by molar-refractivity contribution is -0.142. The van der Waals surface area contributed by atoms with Gasteiger partial charge in [0.2, 0.25) is 11.8 Å². The van der Waals surface area contributed by atoms with Gasteiger partial charge in [-0.15, -0.1) is 11.6 Å². The molecule has 0 spiro atoms. The first-order valence-corrected chi connectivity index (χ1v) is 11.2. The second-order valence-corrected chi connectivity index (χ2v) is 8.73. The number of halogens is 5. The van der Waals surface area contributed by atoms with Crippen LogP contribution in [0.1, 0.15) is 27.3 Å². The molecule has 0 bridgehead atoms. The van der Waals surface area contributed by atoms with Crippen LogP contribution in [-0.4, -0.2) is 70.2 Å².